The van der Waals surface area contributed by atoms with E-state index in [-0.39, 0.29) is 6.10 Å². The highest BCUT2D eigenvalue weighted by Gasteiger charge is 2.27. The van der Waals surface area contributed by atoms with E-state index in [1.165, 1.54) is 7.11 Å². The average Bonchev–Trinajstić information content (AvgIpc) is 2.87. The van der Waals surface area contributed by atoms with Gasteiger partial charge in [0.2, 0.25) is 0 Å². The average molecular weight is 344 g/mol. The van der Waals surface area contributed by atoms with Crippen LogP contribution in [0, 0.1) is 0 Å². The number of carbonyl (C=O) groups excluding carboxylic acids is 1. The lowest BCUT2D eigenvalue weighted by molar-refractivity contribution is 0.0591. The van der Waals surface area contributed by atoms with Crippen molar-refractivity contribution in [3.63, 3.8) is 0 Å². The predicted molar refractivity (Wildman–Crippen MR) is 94.1 cm³/mol. The Morgan fingerprint density at radius 3 is 2.88 bits per heavy atom. The third kappa shape index (κ3) is 3.26. The lowest BCUT2D eigenvalue weighted by Crippen LogP contribution is -2.15. The molecule has 0 aliphatic carbocycles. The van der Waals surface area contributed by atoms with Gasteiger partial charge >= 0.3 is 5.97 Å². The van der Waals surface area contributed by atoms with Crippen molar-refractivity contribution in [2.75, 3.05) is 20.8 Å². The van der Waals surface area contributed by atoms with E-state index in [0.29, 0.717) is 25.3 Å². The molecule has 1 aromatic carbocycles. The van der Waals surface area contributed by atoms with Crippen LogP contribution in [0.25, 0.3) is 11.4 Å². The molecular formula is C19H24N2O4. The fourth-order valence-electron chi connectivity index (χ4n) is 3.26. The number of ether oxygens (including phenoxy) is 3. The lowest BCUT2D eigenvalue weighted by atomic mass is 10.1. The number of benzene rings is 1. The number of aryl methyl sites for hydroxylation is 1. The molecule has 2 heterocycles. The van der Waals surface area contributed by atoms with Crippen molar-refractivity contribution in [2.24, 2.45) is 0 Å². The Kier molecular flexibility index (Phi) is 5.08. The number of rotatable bonds is 4. The number of aromatic nitrogens is 2. The molecule has 0 amide bonds. The van der Waals surface area contributed by atoms with Crippen LogP contribution in [0.3, 0.4) is 0 Å². The minimum Gasteiger partial charge on any atom is -0.496 e. The largest absolute Gasteiger partial charge is 0.496 e. The highest BCUT2D eigenvalue weighted by atomic mass is 16.5. The second-order valence-corrected chi connectivity index (χ2v) is 6.14. The number of fused-ring (bicyclic) bond motifs is 1. The van der Waals surface area contributed by atoms with Crippen LogP contribution >= 0.6 is 0 Å². The monoisotopic (exact) mass is 344 g/mol. The summed E-state index contributed by atoms with van der Waals surface area (Å²) in [6, 6.07) is 6.05. The number of imidazole rings is 1. The van der Waals surface area contributed by atoms with Gasteiger partial charge in [-0.3, -0.25) is 0 Å². The smallest absolute Gasteiger partial charge is 0.358 e. The van der Waals surface area contributed by atoms with Crippen LogP contribution in [0.1, 0.15) is 35.6 Å². The van der Waals surface area contributed by atoms with E-state index in [4.69, 9.17) is 14.2 Å². The topological polar surface area (TPSA) is 62.6 Å². The molecule has 0 saturated heterocycles. The second-order valence-electron chi connectivity index (χ2n) is 6.14. The summed E-state index contributed by atoms with van der Waals surface area (Å²) in [6.07, 6.45) is 1.57. The summed E-state index contributed by atoms with van der Waals surface area (Å²) in [7, 11) is 3.04. The van der Waals surface area contributed by atoms with Crippen LogP contribution in [-0.4, -0.2) is 42.5 Å². The molecule has 25 heavy (non-hydrogen) atoms. The second kappa shape index (κ2) is 7.27. The van der Waals surface area contributed by atoms with Crippen molar-refractivity contribution in [3.8, 4) is 17.1 Å². The Morgan fingerprint density at radius 1 is 1.40 bits per heavy atom. The molecule has 1 aliphatic rings. The van der Waals surface area contributed by atoms with Crippen LogP contribution in [0.5, 0.6) is 5.75 Å². The van der Waals surface area contributed by atoms with Crippen molar-refractivity contribution in [1.29, 1.82) is 0 Å². The van der Waals surface area contributed by atoms with Gasteiger partial charge in [-0.1, -0.05) is 19.1 Å². The number of methoxy groups -OCH3 is 2. The maximum Gasteiger partial charge on any atom is 0.358 e. The molecule has 1 aliphatic heterocycles. The van der Waals surface area contributed by atoms with Gasteiger partial charge in [0.1, 0.15) is 11.6 Å². The zero-order valence-corrected chi connectivity index (χ0v) is 15.2. The van der Waals surface area contributed by atoms with Crippen molar-refractivity contribution < 1.29 is 19.0 Å². The summed E-state index contributed by atoms with van der Waals surface area (Å²) in [4.78, 5) is 16.8. The van der Waals surface area contributed by atoms with E-state index in [0.717, 1.165) is 34.8 Å². The van der Waals surface area contributed by atoms with Gasteiger partial charge in [0.05, 0.1) is 39.2 Å². The van der Waals surface area contributed by atoms with Gasteiger partial charge in [-0.15, -0.1) is 0 Å². The predicted octanol–water partition coefficient (Wildman–Crippen LogP) is 2.87. The Balaban J connectivity index is 2.16. The van der Waals surface area contributed by atoms with Gasteiger partial charge in [0.15, 0.2) is 5.69 Å². The first-order chi connectivity index (χ1) is 12.1. The van der Waals surface area contributed by atoms with Crippen LogP contribution in [0.2, 0.25) is 0 Å². The summed E-state index contributed by atoms with van der Waals surface area (Å²) < 4.78 is 18.3. The van der Waals surface area contributed by atoms with E-state index in [9.17, 15) is 4.79 Å². The SMILES string of the molecule is CCc1ccc(-c2nc(C(=O)OC)c3n2C[C@@H](C)OCC3)cc1OC. The molecule has 0 bridgehead atoms. The van der Waals surface area contributed by atoms with Gasteiger partial charge < -0.3 is 18.8 Å². The number of hydrogen-bond acceptors (Lipinski definition) is 5. The summed E-state index contributed by atoms with van der Waals surface area (Å²) in [5.41, 5.74) is 3.29. The molecule has 0 spiro atoms. The third-order valence-electron chi connectivity index (χ3n) is 4.56. The summed E-state index contributed by atoms with van der Waals surface area (Å²) in [6.45, 7) is 5.33. The lowest BCUT2D eigenvalue weighted by Gasteiger charge is -2.14. The van der Waals surface area contributed by atoms with Crippen molar-refractivity contribution in [3.05, 3.63) is 35.2 Å². The van der Waals surface area contributed by atoms with Gasteiger partial charge in [-0.25, -0.2) is 9.78 Å². The maximum atomic E-state index is 12.2. The van der Waals surface area contributed by atoms with Gasteiger partial charge in [0, 0.05) is 12.0 Å². The number of nitrogens with zero attached hydrogens (tertiary/aromatic N) is 2. The fourth-order valence-corrected chi connectivity index (χ4v) is 3.26. The van der Waals surface area contributed by atoms with Crippen LogP contribution < -0.4 is 4.74 Å². The van der Waals surface area contributed by atoms with Crippen molar-refractivity contribution in [1.82, 2.24) is 9.55 Å². The molecule has 6 heteroatoms. The molecule has 1 atom stereocenters. The normalized spacial score (nSPS) is 16.9. The molecule has 0 unspecified atom stereocenters. The van der Waals surface area contributed by atoms with E-state index in [1.807, 2.05) is 25.1 Å². The molecule has 0 radical (unpaired) electrons. The Morgan fingerprint density at radius 2 is 2.20 bits per heavy atom. The van der Waals surface area contributed by atoms with E-state index in [1.54, 1.807) is 7.11 Å². The van der Waals surface area contributed by atoms with Crippen molar-refractivity contribution in [2.45, 2.75) is 39.3 Å². The zero-order chi connectivity index (χ0) is 18.0. The quantitative estimate of drug-likeness (QED) is 0.798. The Hall–Kier alpha value is -2.34. The molecular weight excluding hydrogens is 320 g/mol. The zero-order valence-electron chi connectivity index (χ0n) is 15.2. The van der Waals surface area contributed by atoms with E-state index in [2.05, 4.69) is 16.5 Å². The van der Waals surface area contributed by atoms with Gasteiger partial charge in [-0.05, 0) is 25.0 Å². The molecule has 134 valence electrons. The molecule has 0 fully saturated rings. The fraction of sp³-hybridized carbons (Fsp3) is 0.474. The molecule has 1 aromatic heterocycles. The van der Waals surface area contributed by atoms with E-state index >= 15 is 0 Å². The van der Waals surface area contributed by atoms with Crippen LogP contribution in [0.4, 0.5) is 0 Å². The molecule has 2 aromatic rings. The molecule has 6 nitrogen and oxygen atoms in total. The van der Waals surface area contributed by atoms with Crippen molar-refractivity contribution >= 4 is 5.97 Å². The summed E-state index contributed by atoms with van der Waals surface area (Å²) >= 11 is 0. The standard InChI is InChI=1S/C19H24N2O4/c1-5-13-6-7-14(10-16(13)23-3)18-20-17(19(22)24-4)15-8-9-25-12(2)11-21(15)18/h6-7,10,12H,5,8-9,11H2,1-4H3/t12-/m1/s1. The molecule has 3 rings (SSSR count). The Bertz CT molecular complexity index is 782. The number of carbonyl (C=O) groups is 1. The Labute approximate surface area is 147 Å². The third-order valence-corrected chi connectivity index (χ3v) is 4.56. The first-order valence-corrected chi connectivity index (χ1v) is 8.55. The highest BCUT2D eigenvalue weighted by molar-refractivity contribution is 5.89. The highest BCUT2D eigenvalue weighted by Crippen LogP contribution is 2.30. The molecule has 0 saturated carbocycles. The minimum absolute atomic E-state index is 0.0523. The van der Waals surface area contributed by atoms with Gasteiger partial charge in [0.25, 0.3) is 0 Å². The first kappa shape index (κ1) is 17.5. The maximum absolute atomic E-state index is 12.2. The number of hydrogen-bond donors (Lipinski definition) is 0. The van der Waals surface area contributed by atoms with Crippen LogP contribution in [0.15, 0.2) is 18.2 Å². The minimum atomic E-state index is -0.415. The van der Waals surface area contributed by atoms with Crippen LogP contribution in [-0.2, 0) is 28.9 Å². The first-order valence-electron chi connectivity index (χ1n) is 8.55. The van der Waals surface area contributed by atoms with E-state index < -0.39 is 5.97 Å². The van der Waals surface area contributed by atoms with Gasteiger partial charge in [-0.2, -0.15) is 0 Å². The molecule has 0 N–H and O–H groups in total. The summed E-state index contributed by atoms with van der Waals surface area (Å²) in [5.74, 6) is 1.16. The number of esters is 1. The summed E-state index contributed by atoms with van der Waals surface area (Å²) in [5, 5.41) is 0.